The molecule has 0 aromatic carbocycles. The second-order valence-electron chi connectivity index (χ2n) is 4.46. The lowest BCUT2D eigenvalue weighted by Gasteiger charge is -2.17. The van der Waals surface area contributed by atoms with Crippen LogP contribution in [0.4, 0.5) is 0 Å². The van der Waals surface area contributed by atoms with Crippen LogP contribution in [0, 0.1) is 0 Å². The van der Waals surface area contributed by atoms with E-state index >= 15 is 0 Å². The minimum absolute atomic E-state index is 0.368. The number of hydrogen-bond acceptors (Lipinski definition) is 3. The Kier molecular flexibility index (Phi) is 5.12. The van der Waals surface area contributed by atoms with E-state index in [2.05, 4.69) is 31.1 Å². The van der Waals surface area contributed by atoms with Crippen LogP contribution in [0.1, 0.15) is 26.5 Å². The molecule has 0 aliphatic heterocycles. The van der Waals surface area contributed by atoms with Crippen molar-refractivity contribution >= 4 is 11.8 Å². The SMILES string of the molecule is CC(C)(C)SCCNCc1ccccn1. The van der Waals surface area contributed by atoms with Crippen molar-refractivity contribution in [1.29, 1.82) is 0 Å². The highest BCUT2D eigenvalue weighted by Gasteiger charge is 2.08. The molecule has 0 aliphatic carbocycles. The molecule has 0 saturated heterocycles. The van der Waals surface area contributed by atoms with E-state index in [1.165, 1.54) is 0 Å². The van der Waals surface area contributed by atoms with E-state index in [1.807, 2.05) is 36.2 Å². The van der Waals surface area contributed by atoms with E-state index in [1.54, 1.807) is 0 Å². The van der Waals surface area contributed by atoms with Gasteiger partial charge in [-0.1, -0.05) is 26.8 Å². The monoisotopic (exact) mass is 224 g/mol. The second kappa shape index (κ2) is 6.13. The molecule has 0 bridgehead atoms. The van der Waals surface area contributed by atoms with Crippen molar-refractivity contribution in [3.8, 4) is 0 Å². The predicted molar refractivity (Wildman–Crippen MR) is 68.2 cm³/mol. The largest absolute Gasteiger partial charge is 0.310 e. The Labute approximate surface area is 96.9 Å². The zero-order valence-corrected chi connectivity index (χ0v) is 10.6. The van der Waals surface area contributed by atoms with Crippen molar-refractivity contribution < 1.29 is 0 Å². The first-order valence-corrected chi connectivity index (χ1v) is 6.31. The lowest BCUT2D eigenvalue weighted by molar-refractivity contribution is 0.711. The van der Waals surface area contributed by atoms with Gasteiger partial charge >= 0.3 is 0 Å². The maximum absolute atomic E-state index is 4.26. The number of aromatic nitrogens is 1. The molecule has 1 heterocycles. The van der Waals surface area contributed by atoms with Gasteiger partial charge in [-0.2, -0.15) is 11.8 Å². The highest BCUT2D eigenvalue weighted by molar-refractivity contribution is 8.00. The fourth-order valence-corrected chi connectivity index (χ4v) is 2.01. The average molecular weight is 224 g/mol. The van der Waals surface area contributed by atoms with Gasteiger partial charge in [-0.3, -0.25) is 4.98 Å². The summed E-state index contributed by atoms with van der Waals surface area (Å²) < 4.78 is 0.368. The lowest BCUT2D eigenvalue weighted by atomic mass is 10.3. The van der Waals surface area contributed by atoms with E-state index in [4.69, 9.17) is 0 Å². The Morgan fingerprint density at radius 3 is 2.73 bits per heavy atom. The molecule has 0 saturated carbocycles. The summed E-state index contributed by atoms with van der Waals surface area (Å²) in [4.78, 5) is 4.26. The van der Waals surface area contributed by atoms with Crippen LogP contribution in [0.15, 0.2) is 24.4 Å². The zero-order valence-electron chi connectivity index (χ0n) is 9.79. The first-order valence-electron chi connectivity index (χ1n) is 5.32. The number of thioether (sulfide) groups is 1. The van der Waals surface area contributed by atoms with Crippen LogP contribution in [-0.4, -0.2) is 22.0 Å². The summed E-state index contributed by atoms with van der Waals surface area (Å²) in [5.74, 6) is 1.15. The van der Waals surface area contributed by atoms with Crippen molar-refractivity contribution in [3.63, 3.8) is 0 Å². The Bertz CT molecular complexity index is 267. The van der Waals surface area contributed by atoms with Crippen LogP contribution in [0.2, 0.25) is 0 Å². The molecule has 15 heavy (non-hydrogen) atoms. The van der Waals surface area contributed by atoms with Crippen LogP contribution >= 0.6 is 11.8 Å². The summed E-state index contributed by atoms with van der Waals surface area (Å²) in [5.41, 5.74) is 1.11. The Balaban J connectivity index is 2.08. The molecule has 0 atom stereocenters. The van der Waals surface area contributed by atoms with E-state index in [0.29, 0.717) is 4.75 Å². The number of pyridine rings is 1. The number of hydrogen-bond donors (Lipinski definition) is 1. The molecule has 0 fully saturated rings. The zero-order chi connectivity index (χ0) is 11.1. The molecule has 1 N–H and O–H groups in total. The number of nitrogens with one attached hydrogen (secondary N) is 1. The molecule has 1 aromatic rings. The highest BCUT2D eigenvalue weighted by atomic mass is 32.2. The summed E-state index contributed by atoms with van der Waals surface area (Å²) in [6.07, 6.45) is 1.83. The van der Waals surface area contributed by atoms with Crippen LogP contribution < -0.4 is 5.32 Å². The van der Waals surface area contributed by atoms with Crippen molar-refractivity contribution in [1.82, 2.24) is 10.3 Å². The molecule has 3 heteroatoms. The van der Waals surface area contributed by atoms with Gasteiger partial charge in [-0.15, -0.1) is 0 Å². The molecular formula is C12H20N2S. The Morgan fingerprint density at radius 1 is 1.33 bits per heavy atom. The Morgan fingerprint density at radius 2 is 2.13 bits per heavy atom. The fourth-order valence-electron chi connectivity index (χ4n) is 1.15. The fraction of sp³-hybridized carbons (Fsp3) is 0.583. The smallest absolute Gasteiger partial charge is 0.0541 e. The average Bonchev–Trinajstić information content (AvgIpc) is 2.17. The molecule has 1 aromatic heterocycles. The lowest BCUT2D eigenvalue weighted by Crippen LogP contribution is -2.19. The van der Waals surface area contributed by atoms with E-state index in [-0.39, 0.29) is 0 Å². The van der Waals surface area contributed by atoms with Gasteiger partial charge in [0.05, 0.1) is 5.69 Å². The van der Waals surface area contributed by atoms with E-state index < -0.39 is 0 Å². The van der Waals surface area contributed by atoms with Gasteiger partial charge in [0.2, 0.25) is 0 Å². The Hall–Kier alpha value is -0.540. The van der Waals surface area contributed by atoms with E-state index in [9.17, 15) is 0 Å². The molecule has 0 aliphatic rings. The maximum Gasteiger partial charge on any atom is 0.0541 e. The van der Waals surface area contributed by atoms with Gasteiger partial charge in [-0.25, -0.2) is 0 Å². The summed E-state index contributed by atoms with van der Waals surface area (Å²) >= 11 is 1.99. The number of nitrogens with zero attached hydrogens (tertiary/aromatic N) is 1. The van der Waals surface area contributed by atoms with Gasteiger partial charge < -0.3 is 5.32 Å². The van der Waals surface area contributed by atoms with Crippen LogP contribution in [-0.2, 0) is 6.54 Å². The third-order valence-electron chi connectivity index (χ3n) is 1.85. The van der Waals surface area contributed by atoms with Gasteiger partial charge in [0, 0.05) is 29.8 Å². The standard InChI is InChI=1S/C12H20N2S/c1-12(2,3)15-9-8-13-10-11-6-4-5-7-14-11/h4-7,13H,8-10H2,1-3H3. The third kappa shape index (κ3) is 6.52. The maximum atomic E-state index is 4.26. The van der Waals surface area contributed by atoms with Gasteiger partial charge in [0.1, 0.15) is 0 Å². The van der Waals surface area contributed by atoms with Crippen LogP contribution in [0.5, 0.6) is 0 Å². The quantitative estimate of drug-likeness (QED) is 0.778. The van der Waals surface area contributed by atoms with Gasteiger partial charge in [-0.05, 0) is 12.1 Å². The topological polar surface area (TPSA) is 24.9 Å². The van der Waals surface area contributed by atoms with E-state index in [0.717, 1.165) is 24.5 Å². The van der Waals surface area contributed by atoms with Crippen molar-refractivity contribution in [2.75, 3.05) is 12.3 Å². The summed E-state index contributed by atoms with van der Waals surface area (Å²) in [7, 11) is 0. The molecule has 84 valence electrons. The van der Waals surface area contributed by atoms with Crippen molar-refractivity contribution in [3.05, 3.63) is 30.1 Å². The van der Waals surface area contributed by atoms with Gasteiger partial charge in [0.25, 0.3) is 0 Å². The summed E-state index contributed by atoms with van der Waals surface area (Å²) in [6.45, 7) is 8.65. The molecule has 1 rings (SSSR count). The molecule has 0 spiro atoms. The predicted octanol–water partition coefficient (Wildman–Crippen LogP) is 2.70. The van der Waals surface area contributed by atoms with Crippen molar-refractivity contribution in [2.45, 2.75) is 32.1 Å². The summed E-state index contributed by atoms with van der Waals surface area (Å²) in [5, 5.41) is 3.39. The first-order chi connectivity index (χ1) is 7.08. The first kappa shape index (κ1) is 12.5. The summed E-state index contributed by atoms with van der Waals surface area (Å²) in [6, 6.07) is 6.01. The molecule has 0 unspecified atom stereocenters. The minimum atomic E-state index is 0.368. The minimum Gasteiger partial charge on any atom is -0.310 e. The second-order valence-corrected chi connectivity index (χ2v) is 6.38. The van der Waals surface area contributed by atoms with Crippen LogP contribution in [0.3, 0.4) is 0 Å². The molecule has 0 radical (unpaired) electrons. The third-order valence-corrected chi connectivity index (χ3v) is 3.12. The normalized spacial score (nSPS) is 11.7. The highest BCUT2D eigenvalue weighted by Crippen LogP contribution is 2.21. The van der Waals surface area contributed by atoms with Gasteiger partial charge in [0.15, 0.2) is 0 Å². The van der Waals surface area contributed by atoms with Crippen LogP contribution in [0.25, 0.3) is 0 Å². The molecular weight excluding hydrogens is 204 g/mol. The van der Waals surface area contributed by atoms with Crippen molar-refractivity contribution in [2.24, 2.45) is 0 Å². The molecule has 0 amide bonds. The number of rotatable bonds is 5. The molecule has 2 nitrogen and oxygen atoms in total.